The summed E-state index contributed by atoms with van der Waals surface area (Å²) in [6.45, 7) is 2.08. The summed E-state index contributed by atoms with van der Waals surface area (Å²) in [7, 11) is 1.66. The van der Waals surface area contributed by atoms with Gasteiger partial charge in [-0.3, -0.25) is 4.79 Å². The molecule has 1 N–H and O–H groups in total. The first-order chi connectivity index (χ1) is 12.2. The van der Waals surface area contributed by atoms with E-state index >= 15 is 0 Å². The third kappa shape index (κ3) is 2.94. The van der Waals surface area contributed by atoms with Gasteiger partial charge in [-0.15, -0.1) is 11.3 Å². The van der Waals surface area contributed by atoms with Gasteiger partial charge in [0.05, 0.1) is 12.8 Å². The smallest absolute Gasteiger partial charge is 0.225 e. The monoisotopic (exact) mass is 349 g/mol. The number of methoxy groups -OCH3 is 1. The fourth-order valence-corrected chi connectivity index (χ4v) is 4.44. The van der Waals surface area contributed by atoms with Crippen molar-refractivity contribution < 1.29 is 9.53 Å². The van der Waals surface area contributed by atoms with Gasteiger partial charge in [-0.25, -0.2) is 0 Å². The molecule has 0 aliphatic carbocycles. The zero-order chi connectivity index (χ0) is 17.4. The second-order valence-corrected chi connectivity index (χ2v) is 7.24. The van der Waals surface area contributed by atoms with Crippen molar-refractivity contribution in [2.75, 3.05) is 12.4 Å². The lowest BCUT2D eigenvalue weighted by Crippen LogP contribution is -2.22. The Morgan fingerprint density at radius 1 is 1.08 bits per heavy atom. The summed E-state index contributed by atoms with van der Waals surface area (Å²) >= 11 is 1.72. The molecule has 25 heavy (non-hydrogen) atoms. The molecule has 0 bridgehead atoms. The molecule has 3 nitrogen and oxygen atoms in total. The van der Waals surface area contributed by atoms with E-state index < -0.39 is 0 Å². The molecule has 0 saturated carbocycles. The van der Waals surface area contributed by atoms with E-state index in [2.05, 4.69) is 41.9 Å². The fraction of sp³-hybridized carbons (Fsp3) is 0.190. The molecule has 4 rings (SSSR count). The summed E-state index contributed by atoms with van der Waals surface area (Å²) in [6, 6.07) is 16.4. The van der Waals surface area contributed by atoms with Crippen LogP contribution in [0.2, 0.25) is 0 Å². The van der Waals surface area contributed by atoms with E-state index in [0.29, 0.717) is 6.42 Å². The summed E-state index contributed by atoms with van der Waals surface area (Å²) in [6.07, 6.45) is 0.499. The van der Waals surface area contributed by atoms with Crippen LogP contribution < -0.4 is 10.1 Å². The van der Waals surface area contributed by atoms with E-state index in [0.717, 1.165) is 22.6 Å². The van der Waals surface area contributed by atoms with Crippen LogP contribution in [0, 0.1) is 6.92 Å². The molecule has 1 atom stereocenters. The van der Waals surface area contributed by atoms with Crippen LogP contribution in [0.25, 0.3) is 11.1 Å². The average Bonchev–Trinajstić information content (AvgIpc) is 3.05. The quantitative estimate of drug-likeness (QED) is 0.705. The fourth-order valence-electron chi connectivity index (χ4n) is 3.28. The van der Waals surface area contributed by atoms with Gasteiger partial charge in [-0.1, -0.05) is 42.0 Å². The van der Waals surface area contributed by atoms with Crippen LogP contribution in [0.4, 0.5) is 5.69 Å². The maximum atomic E-state index is 12.3. The third-order valence-electron chi connectivity index (χ3n) is 4.67. The summed E-state index contributed by atoms with van der Waals surface area (Å²) in [4.78, 5) is 13.6. The lowest BCUT2D eigenvalue weighted by molar-refractivity contribution is -0.116. The minimum Gasteiger partial charge on any atom is -0.497 e. The molecule has 1 amide bonds. The van der Waals surface area contributed by atoms with E-state index in [4.69, 9.17) is 4.74 Å². The zero-order valence-corrected chi connectivity index (χ0v) is 15.0. The normalized spacial score (nSPS) is 16.2. The minimum absolute atomic E-state index is 0.0752. The van der Waals surface area contributed by atoms with Crippen LogP contribution >= 0.6 is 11.3 Å². The number of ether oxygens (including phenoxy) is 1. The number of amides is 1. The van der Waals surface area contributed by atoms with Gasteiger partial charge in [0.25, 0.3) is 0 Å². The van der Waals surface area contributed by atoms with Crippen molar-refractivity contribution in [1.29, 1.82) is 0 Å². The predicted molar refractivity (Wildman–Crippen MR) is 103 cm³/mol. The molecule has 126 valence electrons. The minimum atomic E-state index is 0.0752. The first-order valence-electron chi connectivity index (χ1n) is 8.28. The number of fused-ring (bicyclic) bond motifs is 1. The Bertz CT molecular complexity index is 910. The van der Waals surface area contributed by atoms with Gasteiger partial charge in [0.1, 0.15) is 5.75 Å². The van der Waals surface area contributed by atoms with E-state index in [1.165, 1.54) is 16.0 Å². The second kappa shape index (κ2) is 6.37. The molecule has 1 aliphatic rings. The molecule has 1 aromatic heterocycles. The molecule has 0 fully saturated rings. The molecule has 2 aromatic carbocycles. The SMILES string of the molecule is COc1ccc(-c2csc3c2NC(=O)CC3c2ccc(C)cc2)cc1. The van der Waals surface area contributed by atoms with Gasteiger partial charge in [0.15, 0.2) is 0 Å². The Labute approximate surface area is 151 Å². The van der Waals surface area contributed by atoms with Gasteiger partial charge in [0, 0.05) is 28.2 Å². The summed E-state index contributed by atoms with van der Waals surface area (Å²) in [5.41, 5.74) is 5.55. The standard InChI is InChI=1S/C21H19NO2S/c1-13-3-5-14(6-4-13)17-11-19(23)22-20-18(12-25-21(17)20)15-7-9-16(24-2)10-8-15/h3-10,12,17H,11H2,1-2H3,(H,22,23). The van der Waals surface area contributed by atoms with Crippen molar-refractivity contribution in [3.05, 3.63) is 69.9 Å². The van der Waals surface area contributed by atoms with Gasteiger partial charge < -0.3 is 10.1 Å². The van der Waals surface area contributed by atoms with Crippen LogP contribution in [0.1, 0.15) is 28.3 Å². The van der Waals surface area contributed by atoms with Gasteiger partial charge in [-0.05, 0) is 30.2 Å². The highest BCUT2D eigenvalue weighted by Gasteiger charge is 2.30. The number of benzene rings is 2. The summed E-state index contributed by atoms with van der Waals surface area (Å²) in [5, 5.41) is 5.23. The number of thiophene rings is 1. The number of hydrogen-bond donors (Lipinski definition) is 1. The van der Waals surface area contributed by atoms with Gasteiger partial charge in [-0.2, -0.15) is 0 Å². The summed E-state index contributed by atoms with van der Waals surface area (Å²) < 4.78 is 5.23. The van der Waals surface area contributed by atoms with Crippen LogP contribution in [0.5, 0.6) is 5.75 Å². The van der Waals surface area contributed by atoms with E-state index in [9.17, 15) is 4.79 Å². The number of hydrogen-bond acceptors (Lipinski definition) is 3. The maximum absolute atomic E-state index is 12.3. The number of carbonyl (C=O) groups excluding carboxylic acids is 1. The van der Waals surface area contributed by atoms with Gasteiger partial charge in [0.2, 0.25) is 5.91 Å². The lowest BCUT2D eigenvalue weighted by Gasteiger charge is -2.24. The number of rotatable bonds is 3. The van der Waals surface area contributed by atoms with Crippen molar-refractivity contribution in [2.45, 2.75) is 19.3 Å². The lowest BCUT2D eigenvalue weighted by atomic mass is 9.89. The molecule has 2 heterocycles. The van der Waals surface area contributed by atoms with Gasteiger partial charge >= 0.3 is 0 Å². The molecule has 0 saturated heterocycles. The van der Waals surface area contributed by atoms with Crippen molar-refractivity contribution in [3.63, 3.8) is 0 Å². The highest BCUT2D eigenvalue weighted by Crippen LogP contribution is 2.46. The Balaban J connectivity index is 1.76. The number of aryl methyl sites for hydroxylation is 1. The topological polar surface area (TPSA) is 38.3 Å². The predicted octanol–water partition coefficient (Wildman–Crippen LogP) is 5.21. The number of nitrogens with one attached hydrogen (secondary N) is 1. The summed E-state index contributed by atoms with van der Waals surface area (Å²) in [5.74, 6) is 1.03. The van der Waals surface area contributed by atoms with Crippen LogP contribution in [-0.2, 0) is 4.79 Å². The molecule has 1 unspecified atom stereocenters. The first-order valence-corrected chi connectivity index (χ1v) is 9.16. The second-order valence-electron chi connectivity index (χ2n) is 6.33. The largest absolute Gasteiger partial charge is 0.497 e. The van der Waals surface area contributed by atoms with E-state index in [-0.39, 0.29) is 11.8 Å². The van der Waals surface area contributed by atoms with E-state index in [1.807, 2.05) is 24.3 Å². The molecular weight excluding hydrogens is 330 g/mol. The zero-order valence-electron chi connectivity index (χ0n) is 14.2. The molecule has 0 radical (unpaired) electrons. The van der Waals surface area contributed by atoms with Crippen molar-refractivity contribution >= 4 is 22.9 Å². The molecule has 3 aromatic rings. The molecule has 4 heteroatoms. The highest BCUT2D eigenvalue weighted by atomic mass is 32.1. The van der Waals surface area contributed by atoms with Crippen LogP contribution in [-0.4, -0.2) is 13.0 Å². The highest BCUT2D eigenvalue weighted by molar-refractivity contribution is 7.11. The van der Waals surface area contributed by atoms with Crippen molar-refractivity contribution in [2.24, 2.45) is 0 Å². The van der Waals surface area contributed by atoms with E-state index in [1.54, 1.807) is 18.4 Å². The van der Waals surface area contributed by atoms with Crippen molar-refractivity contribution in [3.8, 4) is 16.9 Å². The molecule has 0 spiro atoms. The third-order valence-corrected chi connectivity index (χ3v) is 5.77. The van der Waals surface area contributed by atoms with Crippen molar-refractivity contribution in [1.82, 2.24) is 0 Å². The Hall–Kier alpha value is -2.59. The maximum Gasteiger partial charge on any atom is 0.225 e. The Kier molecular flexibility index (Phi) is 4.06. The Morgan fingerprint density at radius 3 is 2.48 bits per heavy atom. The molecule has 1 aliphatic heterocycles. The number of carbonyl (C=O) groups is 1. The average molecular weight is 349 g/mol. The Morgan fingerprint density at radius 2 is 1.80 bits per heavy atom. The number of anilines is 1. The van der Waals surface area contributed by atoms with Crippen LogP contribution in [0.15, 0.2) is 53.9 Å². The van der Waals surface area contributed by atoms with Crippen LogP contribution in [0.3, 0.4) is 0 Å². The molecular formula is C21H19NO2S. The first kappa shape index (κ1) is 15.9.